The molecule has 0 spiro atoms. The van der Waals surface area contributed by atoms with Crippen LogP contribution in [0, 0.1) is 0 Å². The Bertz CT molecular complexity index is 908. The second-order valence-corrected chi connectivity index (χ2v) is 8.23. The summed E-state index contributed by atoms with van der Waals surface area (Å²) in [5.41, 5.74) is 2.24. The van der Waals surface area contributed by atoms with Gasteiger partial charge >= 0.3 is 0 Å². The molecule has 7 nitrogen and oxygen atoms in total. The van der Waals surface area contributed by atoms with Gasteiger partial charge in [-0.15, -0.1) is 24.0 Å². The zero-order valence-electron chi connectivity index (χ0n) is 17.3. The lowest BCUT2D eigenvalue weighted by Crippen LogP contribution is -2.55. The van der Waals surface area contributed by atoms with Crippen molar-refractivity contribution in [3.05, 3.63) is 47.2 Å². The van der Waals surface area contributed by atoms with E-state index in [1.807, 2.05) is 25.4 Å². The average molecular weight is 543 g/mol. The summed E-state index contributed by atoms with van der Waals surface area (Å²) in [4.78, 5) is 21.5. The van der Waals surface area contributed by atoms with Crippen molar-refractivity contribution < 1.29 is 4.79 Å². The smallest absolute Gasteiger partial charge is 0.246 e. The minimum absolute atomic E-state index is 0. The van der Waals surface area contributed by atoms with Gasteiger partial charge in [0.05, 0.1) is 18.4 Å². The molecule has 1 saturated carbocycles. The monoisotopic (exact) mass is 542 g/mol. The van der Waals surface area contributed by atoms with Crippen LogP contribution in [0.3, 0.4) is 0 Å². The fourth-order valence-corrected chi connectivity index (χ4v) is 3.95. The van der Waals surface area contributed by atoms with E-state index in [1.165, 1.54) is 5.56 Å². The number of hydrogen-bond acceptors (Lipinski definition) is 3. The van der Waals surface area contributed by atoms with E-state index >= 15 is 0 Å². The molecule has 2 aliphatic rings. The lowest BCUT2D eigenvalue weighted by Gasteiger charge is -2.35. The lowest BCUT2D eigenvalue weighted by atomic mass is 9.96. The molecule has 1 amide bonds. The summed E-state index contributed by atoms with van der Waals surface area (Å²) in [6.07, 6.45) is 5.86. The van der Waals surface area contributed by atoms with Crippen LogP contribution in [0.15, 0.2) is 41.7 Å². The Labute approximate surface area is 199 Å². The summed E-state index contributed by atoms with van der Waals surface area (Å²) < 4.78 is 1.71. The second-order valence-electron chi connectivity index (χ2n) is 7.80. The van der Waals surface area contributed by atoms with Gasteiger partial charge in [-0.1, -0.05) is 23.7 Å². The number of halogens is 2. The third kappa shape index (κ3) is 4.91. The highest BCUT2D eigenvalue weighted by atomic mass is 127. The summed E-state index contributed by atoms with van der Waals surface area (Å²) in [6, 6.07) is 8.10. The number of hydrogen-bond donors (Lipinski definition) is 1. The van der Waals surface area contributed by atoms with E-state index in [9.17, 15) is 4.79 Å². The van der Waals surface area contributed by atoms with Gasteiger partial charge in [0.25, 0.3) is 0 Å². The largest absolute Gasteiger partial charge is 0.357 e. The van der Waals surface area contributed by atoms with E-state index in [4.69, 9.17) is 16.6 Å². The second kappa shape index (κ2) is 9.55. The van der Waals surface area contributed by atoms with Crippen LogP contribution in [0.2, 0.25) is 5.02 Å². The molecule has 162 valence electrons. The fourth-order valence-electron chi connectivity index (χ4n) is 3.82. The first kappa shape index (κ1) is 22.9. The lowest BCUT2D eigenvalue weighted by molar-refractivity contribution is -0.120. The number of carbonyl (C=O) groups excluding carboxylic acids is 1. The SMILES string of the molecule is CCNC(=NCC1(c2ccc(Cl)cc2)CC1)N1CCN(c2cnn(C)c2)C(=O)C1.I. The van der Waals surface area contributed by atoms with Crippen LogP contribution in [-0.2, 0) is 17.3 Å². The van der Waals surface area contributed by atoms with E-state index in [1.54, 1.807) is 15.8 Å². The van der Waals surface area contributed by atoms with E-state index < -0.39 is 0 Å². The number of benzene rings is 1. The van der Waals surface area contributed by atoms with Crippen molar-refractivity contribution in [1.82, 2.24) is 20.0 Å². The van der Waals surface area contributed by atoms with Gasteiger partial charge in [-0.3, -0.25) is 14.5 Å². The minimum Gasteiger partial charge on any atom is -0.357 e. The molecule has 1 N–H and O–H groups in total. The molecule has 1 saturated heterocycles. The maximum atomic E-state index is 12.7. The Morgan fingerprint density at radius 2 is 2.00 bits per heavy atom. The third-order valence-electron chi connectivity index (χ3n) is 5.70. The Kier molecular flexibility index (Phi) is 7.28. The fraction of sp³-hybridized carbons (Fsp3) is 0.476. The molecule has 2 heterocycles. The van der Waals surface area contributed by atoms with Crippen molar-refractivity contribution in [2.24, 2.45) is 12.0 Å². The first-order chi connectivity index (χ1) is 14.0. The average Bonchev–Trinajstić information content (AvgIpc) is 3.38. The molecule has 4 rings (SSSR count). The Morgan fingerprint density at radius 3 is 2.57 bits per heavy atom. The van der Waals surface area contributed by atoms with E-state index in [2.05, 4.69) is 34.4 Å². The van der Waals surface area contributed by atoms with Gasteiger partial charge in [0.15, 0.2) is 5.96 Å². The van der Waals surface area contributed by atoms with Gasteiger partial charge in [0.2, 0.25) is 5.91 Å². The van der Waals surface area contributed by atoms with Crippen LogP contribution in [0.1, 0.15) is 25.3 Å². The first-order valence-electron chi connectivity index (χ1n) is 10.1. The zero-order valence-corrected chi connectivity index (χ0v) is 20.4. The van der Waals surface area contributed by atoms with Crippen LogP contribution in [0.25, 0.3) is 0 Å². The Hall–Kier alpha value is -1.81. The standard InChI is InChI=1S/C21H27ClN6O.HI/c1-3-23-20(24-15-21(8-9-21)16-4-6-17(22)7-5-16)27-10-11-28(19(29)14-27)18-12-25-26(2)13-18;/h4-7,12-13H,3,8-11,14-15H2,1-2H3,(H,23,24);1H. The van der Waals surface area contributed by atoms with Crippen LogP contribution < -0.4 is 10.2 Å². The highest BCUT2D eigenvalue weighted by molar-refractivity contribution is 14.0. The van der Waals surface area contributed by atoms with Crippen molar-refractivity contribution >= 4 is 53.1 Å². The number of amides is 1. The first-order valence-corrected chi connectivity index (χ1v) is 10.5. The Balaban J connectivity index is 0.00000256. The summed E-state index contributed by atoms with van der Waals surface area (Å²) in [5.74, 6) is 0.876. The highest BCUT2D eigenvalue weighted by Crippen LogP contribution is 2.48. The van der Waals surface area contributed by atoms with Gasteiger partial charge in [-0.05, 0) is 37.5 Å². The number of guanidine groups is 1. The molecule has 0 radical (unpaired) electrons. The number of piperazine rings is 1. The van der Waals surface area contributed by atoms with Crippen LogP contribution in [0.4, 0.5) is 5.69 Å². The zero-order chi connectivity index (χ0) is 20.4. The number of anilines is 1. The number of aromatic nitrogens is 2. The molecular weight excluding hydrogens is 515 g/mol. The van der Waals surface area contributed by atoms with Gasteiger partial charge in [-0.2, -0.15) is 5.10 Å². The summed E-state index contributed by atoms with van der Waals surface area (Å²) in [6.45, 7) is 5.21. The normalized spacial score (nSPS) is 18.2. The third-order valence-corrected chi connectivity index (χ3v) is 5.95. The molecule has 1 aromatic carbocycles. The van der Waals surface area contributed by atoms with Gasteiger partial charge in [0, 0.05) is 43.3 Å². The Morgan fingerprint density at radius 1 is 1.27 bits per heavy atom. The molecule has 0 unspecified atom stereocenters. The number of rotatable bonds is 5. The van der Waals surface area contributed by atoms with Crippen molar-refractivity contribution in [2.45, 2.75) is 25.2 Å². The highest BCUT2D eigenvalue weighted by Gasteiger charge is 2.44. The van der Waals surface area contributed by atoms with Crippen molar-refractivity contribution in [1.29, 1.82) is 0 Å². The van der Waals surface area contributed by atoms with E-state index in [0.29, 0.717) is 19.6 Å². The van der Waals surface area contributed by atoms with Crippen LogP contribution in [-0.4, -0.2) is 59.3 Å². The number of aliphatic imine (C=N–C) groups is 1. The molecule has 1 aromatic heterocycles. The number of nitrogens with zero attached hydrogens (tertiary/aromatic N) is 5. The number of carbonyl (C=O) groups is 1. The maximum absolute atomic E-state index is 12.7. The summed E-state index contributed by atoms with van der Waals surface area (Å²) >= 11 is 6.04. The number of aryl methyl sites for hydroxylation is 1. The molecule has 30 heavy (non-hydrogen) atoms. The predicted molar refractivity (Wildman–Crippen MR) is 131 cm³/mol. The molecular formula is C21H28ClIN6O. The molecule has 1 aliphatic carbocycles. The topological polar surface area (TPSA) is 65.8 Å². The van der Waals surface area contributed by atoms with Gasteiger partial charge in [0.1, 0.15) is 6.54 Å². The quantitative estimate of drug-likeness (QED) is 0.358. The van der Waals surface area contributed by atoms with E-state index in [-0.39, 0.29) is 35.3 Å². The van der Waals surface area contributed by atoms with E-state index in [0.717, 1.165) is 42.6 Å². The molecule has 2 fully saturated rings. The molecule has 2 aromatic rings. The van der Waals surface area contributed by atoms with Crippen LogP contribution in [0.5, 0.6) is 0 Å². The predicted octanol–water partition coefficient (Wildman–Crippen LogP) is 3.04. The van der Waals surface area contributed by atoms with Crippen LogP contribution >= 0.6 is 35.6 Å². The van der Waals surface area contributed by atoms with Crippen molar-refractivity contribution in [3.8, 4) is 0 Å². The number of nitrogens with one attached hydrogen (secondary N) is 1. The molecule has 9 heteroatoms. The molecule has 1 aliphatic heterocycles. The van der Waals surface area contributed by atoms with Gasteiger partial charge < -0.3 is 15.1 Å². The minimum atomic E-state index is 0. The molecule has 0 bridgehead atoms. The summed E-state index contributed by atoms with van der Waals surface area (Å²) in [5, 5.41) is 8.29. The molecule has 0 atom stereocenters. The van der Waals surface area contributed by atoms with Crippen molar-refractivity contribution in [2.75, 3.05) is 37.6 Å². The maximum Gasteiger partial charge on any atom is 0.246 e. The van der Waals surface area contributed by atoms with Gasteiger partial charge in [-0.25, -0.2) is 0 Å². The van der Waals surface area contributed by atoms with Crippen molar-refractivity contribution in [3.63, 3.8) is 0 Å². The summed E-state index contributed by atoms with van der Waals surface area (Å²) in [7, 11) is 1.86.